The number of ether oxygens (including phenoxy) is 1. The molecule has 9 nitrogen and oxygen atoms in total. The Balaban J connectivity index is 1.52. The molecule has 0 atom stereocenters. The third-order valence-corrected chi connectivity index (χ3v) is 6.34. The first-order valence-electron chi connectivity index (χ1n) is 10.2. The Morgan fingerprint density at radius 1 is 1.18 bits per heavy atom. The third kappa shape index (κ3) is 3.74. The molecular weight excluding hydrogens is 360 g/mol. The Bertz CT molecular complexity index is 733. The summed E-state index contributed by atoms with van der Waals surface area (Å²) in [5.74, 6) is 2.66. The van der Waals surface area contributed by atoms with Crippen molar-refractivity contribution in [2.24, 2.45) is 22.9 Å². The van der Waals surface area contributed by atoms with E-state index < -0.39 is 0 Å². The first kappa shape index (κ1) is 18.9. The molecule has 0 radical (unpaired) electrons. The van der Waals surface area contributed by atoms with Crippen LogP contribution in [-0.4, -0.2) is 34.6 Å². The summed E-state index contributed by atoms with van der Waals surface area (Å²) in [6.45, 7) is 2.36. The van der Waals surface area contributed by atoms with Gasteiger partial charge in [0.2, 0.25) is 5.95 Å². The van der Waals surface area contributed by atoms with E-state index in [0.717, 1.165) is 37.0 Å². The minimum absolute atomic E-state index is 0.0306. The van der Waals surface area contributed by atoms with E-state index in [9.17, 15) is 9.70 Å². The summed E-state index contributed by atoms with van der Waals surface area (Å²) in [4.78, 5) is 31.5. The number of hydrogen-bond acceptors (Lipinski definition) is 9. The number of rotatable bonds is 8. The van der Waals surface area contributed by atoms with E-state index in [1.807, 2.05) is 0 Å². The van der Waals surface area contributed by atoms with Crippen LogP contribution in [0, 0.1) is 22.7 Å². The normalized spacial score (nSPS) is 30.1. The topological polar surface area (TPSA) is 132 Å². The van der Waals surface area contributed by atoms with E-state index in [1.54, 1.807) is 6.92 Å². The molecule has 0 spiro atoms. The van der Waals surface area contributed by atoms with Gasteiger partial charge in [0.15, 0.2) is 17.3 Å². The zero-order valence-corrected chi connectivity index (χ0v) is 16.2. The highest BCUT2D eigenvalue weighted by Crippen LogP contribution is 2.57. The molecule has 0 unspecified atom stereocenters. The molecule has 4 bridgehead atoms. The fourth-order valence-electron chi connectivity index (χ4n) is 5.80. The van der Waals surface area contributed by atoms with Crippen LogP contribution >= 0.6 is 0 Å². The van der Waals surface area contributed by atoms with E-state index >= 15 is 0 Å². The lowest BCUT2D eigenvalue weighted by atomic mass is 9.53. The van der Waals surface area contributed by atoms with Crippen molar-refractivity contribution in [3.05, 3.63) is 4.91 Å². The molecule has 4 aliphatic carbocycles. The first-order valence-corrected chi connectivity index (χ1v) is 10.2. The van der Waals surface area contributed by atoms with Crippen molar-refractivity contribution in [2.75, 3.05) is 29.5 Å². The number of carbonyl (C=O) groups excluding carboxylic acids is 1. The summed E-state index contributed by atoms with van der Waals surface area (Å²) in [7, 11) is 0. The highest BCUT2D eigenvalue weighted by atomic mass is 16.5. The lowest BCUT2D eigenvalue weighted by molar-refractivity contribution is -0.142. The number of nitrogens with two attached hydrogens (primary N) is 1. The van der Waals surface area contributed by atoms with Gasteiger partial charge >= 0.3 is 5.97 Å². The molecule has 4 saturated carbocycles. The average Bonchev–Trinajstić information content (AvgIpc) is 2.60. The van der Waals surface area contributed by atoms with Gasteiger partial charge in [0, 0.05) is 12.1 Å². The summed E-state index contributed by atoms with van der Waals surface area (Å²) in [5.41, 5.74) is 5.98. The minimum Gasteiger partial charge on any atom is -0.466 e. The monoisotopic (exact) mass is 388 g/mol. The van der Waals surface area contributed by atoms with Gasteiger partial charge in [-0.3, -0.25) is 4.79 Å². The number of nitrogen functional groups attached to an aromatic ring is 1. The highest BCUT2D eigenvalue weighted by molar-refractivity contribution is 5.76. The summed E-state index contributed by atoms with van der Waals surface area (Å²) in [6.07, 6.45) is 7.45. The fourth-order valence-corrected chi connectivity index (χ4v) is 5.80. The maximum Gasteiger partial charge on any atom is 0.307 e. The molecular formula is C19H28N6O3. The highest BCUT2D eigenvalue weighted by Gasteiger charge is 2.51. The zero-order valence-electron chi connectivity index (χ0n) is 16.2. The largest absolute Gasteiger partial charge is 0.466 e. The van der Waals surface area contributed by atoms with Crippen molar-refractivity contribution in [3.63, 3.8) is 0 Å². The Labute approximate surface area is 164 Å². The van der Waals surface area contributed by atoms with Crippen LogP contribution in [0.1, 0.15) is 51.9 Å². The predicted octanol–water partition coefficient (Wildman–Crippen LogP) is 3.20. The number of aromatic nitrogens is 2. The van der Waals surface area contributed by atoms with Crippen molar-refractivity contribution in [1.82, 2.24) is 9.97 Å². The van der Waals surface area contributed by atoms with E-state index in [0.29, 0.717) is 12.4 Å². The Hall–Kier alpha value is -2.45. The maximum absolute atomic E-state index is 11.6. The van der Waals surface area contributed by atoms with Gasteiger partial charge in [-0.05, 0) is 68.4 Å². The quantitative estimate of drug-likeness (QED) is 0.457. The molecule has 5 rings (SSSR count). The van der Waals surface area contributed by atoms with Crippen molar-refractivity contribution in [2.45, 2.75) is 57.4 Å². The molecule has 0 amide bonds. The molecule has 1 aromatic heterocycles. The number of hydrogen-bond donors (Lipinski definition) is 3. The molecule has 1 heterocycles. The van der Waals surface area contributed by atoms with Crippen LogP contribution in [0.25, 0.3) is 0 Å². The summed E-state index contributed by atoms with van der Waals surface area (Å²) in [5, 5.41) is 9.70. The van der Waals surface area contributed by atoms with Gasteiger partial charge in [-0.25, -0.2) is 0 Å². The van der Waals surface area contributed by atoms with E-state index in [4.69, 9.17) is 10.5 Å². The maximum atomic E-state index is 11.6. The van der Waals surface area contributed by atoms with Crippen LogP contribution in [-0.2, 0) is 9.53 Å². The molecule has 4 aliphatic rings. The summed E-state index contributed by atoms with van der Waals surface area (Å²) < 4.78 is 4.91. The predicted molar refractivity (Wildman–Crippen MR) is 106 cm³/mol. The number of nitroso groups, excluding NO2 is 1. The standard InChI is InChI=1S/C19H28N6O3/c1-2-28-14(26)3-4-21-16-15(25-27)17(23-18(20)22-16)24-19-8-11-5-12(9-19)7-13(6-11)10-19/h11-13H,2-10H2,1H3,(H4,20,21,22,23,24). The Kier molecular flexibility index (Phi) is 5.07. The van der Waals surface area contributed by atoms with Crippen molar-refractivity contribution < 1.29 is 9.53 Å². The molecule has 28 heavy (non-hydrogen) atoms. The number of nitrogens with one attached hydrogen (secondary N) is 2. The average molecular weight is 388 g/mol. The zero-order chi connectivity index (χ0) is 19.7. The second-order valence-corrected chi connectivity index (χ2v) is 8.52. The van der Waals surface area contributed by atoms with Gasteiger partial charge in [0.25, 0.3) is 0 Å². The van der Waals surface area contributed by atoms with Gasteiger partial charge in [0.05, 0.1) is 13.0 Å². The summed E-state index contributed by atoms with van der Waals surface area (Å²) in [6, 6.07) is 0. The van der Waals surface area contributed by atoms with Crippen LogP contribution in [0.4, 0.5) is 23.3 Å². The van der Waals surface area contributed by atoms with Gasteiger partial charge in [-0.1, -0.05) is 0 Å². The summed E-state index contributed by atoms with van der Waals surface area (Å²) >= 11 is 0. The van der Waals surface area contributed by atoms with Gasteiger partial charge < -0.3 is 21.1 Å². The van der Waals surface area contributed by atoms with Crippen LogP contribution in [0.2, 0.25) is 0 Å². The first-order chi connectivity index (χ1) is 13.5. The van der Waals surface area contributed by atoms with E-state index in [1.165, 1.54) is 19.3 Å². The Morgan fingerprint density at radius 3 is 2.36 bits per heavy atom. The van der Waals surface area contributed by atoms with Crippen LogP contribution in [0.5, 0.6) is 0 Å². The van der Waals surface area contributed by atoms with Crippen molar-refractivity contribution >= 4 is 29.2 Å². The van der Waals surface area contributed by atoms with Gasteiger partial charge in [-0.2, -0.15) is 9.97 Å². The minimum atomic E-state index is -0.315. The molecule has 0 aliphatic heterocycles. The lowest BCUT2D eigenvalue weighted by Gasteiger charge is -2.57. The van der Waals surface area contributed by atoms with Crippen molar-refractivity contribution in [1.29, 1.82) is 0 Å². The molecule has 1 aromatic rings. The number of carbonyl (C=O) groups is 1. The second kappa shape index (κ2) is 7.52. The molecule has 152 valence electrons. The second-order valence-electron chi connectivity index (χ2n) is 8.52. The van der Waals surface area contributed by atoms with Crippen LogP contribution in [0.3, 0.4) is 0 Å². The molecule has 4 N–H and O–H groups in total. The number of nitrogens with zero attached hydrogens (tertiary/aromatic N) is 3. The molecule has 0 aromatic carbocycles. The van der Waals surface area contributed by atoms with E-state index in [2.05, 4.69) is 25.8 Å². The molecule has 9 heteroatoms. The van der Waals surface area contributed by atoms with Crippen molar-refractivity contribution in [3.8, 4) is 0 Å². The lowest BCUT2D eigenvalue weighted by Crippen LogP contribution is -2.54. The van der Waals surface area contributed by atoms with E-state index in [-0.39, 0.29) is 41.9 Å². The van der Waals surface area contributed by atoms with Gasteiger partial charge in [-0.15, -0.1) is 4.91 Å². The molecule has 0 saturated heterocycles. The SMILES string of the molecule is CCOC(=O)CCNc1nc(N)nc(NC23CC4CC(CC(C4)C2)C3)c1N=O. The third-order valence-electron chi connectivity index (χ3n) is 6.34. The smallest absolute Gasteiger partial charge is 0.307 e. The number of anilines is 3. The fraction of sp³-hybridized carbons (Fsp3) is 0.737. The molecule has 4 fully saturated rings. The van der Waals surface area contributed by atoms with Crippen LogP contribution < -0.4 is 16.4 Å². The Morgan fingerprint density at radius 2 is 1.79 bits per heavy atom. The van der Waals surface area contributed by atoms with Gasteiger partial charge in [0.1, 0.15) is 0 Å². The number of esters is 1. The van der Waals surface area contributed by atoms with Crippen LogP contribution in [0.15, 0.2) is 5.18 Å².